The first-order chi connectivity index (χ1) is 7.13. The number of aryl methyl sites for hydroxylation is 1. The molecule has 0 aromatic carbocycles. The molecule has 2 unspecified atom stereocenters. The van der Waals surface area contributed by atoms with Gasteiger partial charge >= 0.3 is 0 Å². The molecule has 0 spiro atoms. The molecule has 0 saturated carbocycles. The lowest BCUT2D eigenvalue weighted by molar-refractivity contribution is -0.127. The zero-order valence-electron chi connectivity index (χ0n) is 9.05. The van der Waals surface area contributed by atoms with Crippen molar-refractivity contribution in [3.8, 4) is 0 Å². The maximum Gasteiger partial charge on any atom is 0.223 e. The highest BCUT2D eigenvalue weighted by molar-refractivity contribution is 5.79. The number of hydrogen-bond donors (Lipinski definition) is 1. The fourth-order valence-corrected chi connectivity index (χ4v) is 2.25. The van der Waals surface area contributed by atoms with E-state index in [1.807, 2.05) is 26.5 Å². The SMILES string of the molecule is CN1C(=O)CC(CN)C1c1cnn(C)c1. The number of amides is 1. The number of hydrogen-bond acceptors (Lipinski definition) is 3. The van der Waals surface area contributed by atoms with Crippen molar-refractivity contribution in [3.05, 3.63) is 18.0 Å². The minimum absolute atomic E-state index is 0.0937. The highest BCUT2D eigenvalue weighted by Gasteiger charge is 2.38. The molecule has 2 rings (SSSR count). The van der Waals surface area contributed by atoms with E-state index in [0.29, 0.717) is 13.0 Å². The van der Waals surface area contributed by atoms with Crippen molar-refractivity contribution in [2.24, 2.45) is 18.7 Å². The van der Waals surface area contributed by atoms with Crippen molar-refractivity contribution in [1.82, 2.24) is 14.7 Å². The molecular formula is C10H16N4O. The van der Waals surface area contributed by atoms with Crippen molar-refractivity contribution in [2.75, 3.05) is 13.6 Å². The number of aromatic nitrogens is 2. The second-order valence-electron chi connectivity index (χ2n) is 4.10. The molecule has 2 N–H and O–H groups in total. The van der Waals surface area contributed by atoms with E-state index in [0.717, 1.165) is 5.56 Å². The summed E-state index contributed by atoms with van der Waals surface area (Å²) in [6.45, 7) is 0.537. The summed E-state index contributed by atoms with van der Waals surface area (Å²) in [5.74, 6) is 0.381. The fourth-order valence-electron chi connectivity index (χ4n) is 2.25. The Morgan fingerprint density at radius 2 is 2.33 bits per heavy atom. The first-order valence-electron chi connectivity index (χ1n) is 5.07. The van der Waals surface area contributed by atoms with Crippen LogP contribution in [0.1, 0.15) is 18.0 Å². The van der Waals surface area contributed by atoms with Crippen molar-refractivity contribution in [2.45, 2.75) is 12.5 Å². The summed E-state index contributed by atoms with van der Waals surface area (Å²) in [6.07, 6.45) is 4.30. The average Bonchev–Trinajstić information content (AvgIpc) is 2.73. The van der Waals surface area contributed by atoms with E-state index in [1.54, 1.807) is 9.58 Å². The van der Waals surface area contributed by atoms with Crippen LogP contribution in [-0.2, 0) is 11.8 Å². The molecule has 0 radical (unpaired) electrons. The van der Waals surface area contributed by atoms with Gasteiger partial charge in [0.2, 0.25) is 5.91 Å². The van der Waals surface area contributed by atoms with Crippen molar-refractivity contribution in [3.63, 3.8) is 0 Å². The quantitative estimate of drug-likeness (QED) is 0.738. The molecular weight excluding hydrogens is 192 g/mol. The Bertz CT molecular complexity index is 373. The van der Waals surface area contributed by atoms with Gasteiger partial charge in [-0.15, -0.1) is 0 Å². The third-order valence-corrected chi connectivity index (χ3v) is 3.06. The minimum Gasteiger partial charge on any atom is -0.338 e. The van der Waals surface area contributed by atoms with Crippen LogP contribution in [0.15, 0.2) is 12.4 Å². The summed E-state index contributed by atoms with van der Waals surface area (Å²) >= 11 is 0. The van der Waals surface area contributed by atoms with E-state index in [4.69, 9.17) is 5.73 Å². The minimum atomic E-state index is 0.0937. The zero-order valence-corrected chi connectivity index (χ0v) is 9.05. The van der Waals surface area contributed by atoms with Crippen LogP contribution in [0.25, 0.3) is 0 Å². The number of nitrogens with zero attached hydrogens (tertiary/aromatic N) is 3. The van der Waals surface area contributed by atoms with Crippen molar-refractivity contribution in [1.29, 1.82) is 0 Å². The maximum atomic E-state index is 11.6. The number of carbonyl (C=O) groups is 1. The third-order valence-electron chi connectivity index (χ3n) is 3.06. The van der Waals surface area contributed by atoms with Gasteiger partial charge in [-0.25, -0.2) is 0 Å². The van der Waals surface area contributed by atoms with Gasteiger partial charge in [0, 0.05) is 38.2 Å². The summed E-state index contributed by atoms with van der Waals surface area (Å²) in [5.41, 5.74) is 6.76. The normalized spacial score (nSPS) is 26.3. The fraction of sp³-hybridized carbons (Fsp3) is 0.600. The molecule has 2 heterocycles. The number of rotatable bonds is 2. The van der Waals surface area contributed by atoms with E-state index in [1.165, 1.54) is 0 Å². The van der Waals surface area contributed by atoms with Crippen LogP contribution in [0.4, 0.5) is 0 Å². The molecule has 0 aliphatic carbocycles. The van der Waals surface area contributed by atoms with Crippen LogP contribution in [0.5, 0.6) is 0 Å². The Morgan fingerprint density at radius 1 is 1.60 bits per heavy atom. The van der Waals surface area contributed by atoms with Crippen LogP contribution in [0.2, 0.25) is 0 Å². The Kier molecular flexibility index (Phi) is 2.48. The predicted molar refractivity (Wildman–Crippen MR) is 55.9 cm³/mol. The largest absolute Gasteiger partial charge is 0.338 e. The number of nitrogens with two attached hydrogens (primary N) is 1. The van der Waals surface area contributed by atoms with Gasteiger partial charge in [0.1, 0.15) is 0 Å². The van der Waals surface area contributed by atoms with E-state index < -0.39 is 0 Å². The molecule has 1 aromatic rings. The lowest BCUT2D eigenvalue weighted by atomic mass is 9.96. The molecule has 1 fully saturated rings. The highest BCUT2D eigenvalue weighted by atomic mass is 16.2. The van der Waals surface area contributed by atoms with Crippen LogP contribution in [-0.4, -0.2) is 34.2 Å². The molecule has 1 aromatic heterocycles. The molecule has 1 aliphatic heterocycles. The highest BCUT2D eigenvalue weighted by Crippen LogP contribution is 2.35. The lowest BCUT2D eigenvalue weighted by Gasteiger charge is -2.22. The van der Waals surface area contributed by atoms with Gasteiger partial charge in [-0.2, -0.15) is 5.10 Å². The first kappa shape index (κ1) is 10.2. The number of carbonyl (C=O) groups excluding carboxylic acids is 1. The van der Waals surface area contributed by atoms with Gasteiger partial charge in [0.25, 0.3) is 0 Å². The Morgan fingerprint density at radius 3 is 2.87 bits per heavy atom. The molecule has 1 amide bonds. The van der Waals surface area contributed by atoms with Gasteiger partial charge in [-0.1, -0.05) is 0 Å². The second kappa shape index (κ2) is 3.66. The van der Waals surface area contributed by atoms with Crippen LogP contribution < -0.4 is 5.73 Å². The molecule has 5 heteroatoms. The summed E-state index contributed by atoms with van der Waals surface area (Å²) < 4.78 is 1.75. The Hall–Kier alpha value is -1.36. The summed E-state index contributed by atoms with van der Waals surface area (Å²) in [5, 5.41) is 4.13. The van der Waals surface area contributed by atoms with Gasteiger partial charge < -0.3 is 10.6 Å². The summed E-state index contributed by atoms with van der Waals surface area (Å²) in [6, 6.07) is 0.0937. The molecule has 1 saturated heterocycles. The summed E-state index contributed by atoms with van der Waals surface area (Å²) in [4.78, 5) is 13.3. The first-order valence-corrected chi connectivity index (χ1v) is 5.07. The van der Waals surface area contributed by atoms with Gasteiger partial charge in [-0.05, 0) is 6.54 Å². The maximum absolute atomic E-state index is 11.6. The average molecular weight is 208 g/mol. The zero-order chi connectivity index (χ0) is 11.0. The molecule has 5 nitrogen and oxygen atoms in total. The van der Waals surface area contributed by atoms with Gasteiger partial charge in [0.15, 0.2) is 0 Å². The smallest absolute Gasteiger partial charge is 0.223 e. The van der Waals surface area contributed by atoms with Crippen molar-refractivity contribution >= 4 is 5.91 Å². The second-order valence-corrected chi connectivity index (χ2v) is 4.10. The Labute approximate surface area is 88.8 Å². The molecule has 1 aliphatic rings. The molecule has 82 valence electrons. The monoisotopic (exact) mass is 208 g/mol. The van der Waals surface area contributed by atoms with E-state index >= 15 is 0 Å². The predicted octanol–water partition coefficient (Wildman–Crippen LogP) is -0.102. The van der Waals surface area contributed by atoms with Gasteiger partial charge in [0.05, 0.1) is 12.2 Å². The van der Waals surface area contributed by atoms with Crippen LogP contribution in [0, 0.1) is 5.92 Å². The van der Waals surface area contributed by atoms with E-state index in [9.17, 15) is 4.79 Å². The van der Waals surface area contributed by atoms with Crippen LogP contribution in [0.3, 0.4) is 0 Å². The van der Waals surface area contributed by atoms with E-state index in [-0.39, 0.29) is 17.9 Å². The topological polar surface area (TPSA) is 64.2 Å². The molecule has 0 bridgehead atoms. The third kappa shape index (κ3) is 1.63. The van der Waals surface area contributed by atoms with E-state index in [2.05, 4.69) is 5.10 Å². The van der Waals surface area contributed by atoms with Crippen molar-refractivity contribution < 1.29 is 4.79 Å². The standard InChI is InChI=1S/C10H16N4O/c1-13-6-8(5-12-13)10-7(4-11)3-9(15)14(10)2/h5-7,10H,3-4,11H2,1-2H3. The molecule has 2 atom stereocenters. The summed E-state index contributed by atoms with van der Waals surface area (Å²) in [7, 11) is 3.70. The lowest BCUT2D eigenvalue weighted by Crippen LogP contribution is -2.26. The Balaban J connectivity index is 2.30. The number of likely N-dealkylation sites (tertiary alicyclic amines) is 1. The molecule has 15 heavy (non-hydrogen) atoms. The van der Waals surface area contributed by atoms with Gasteiger partial charge in [-0.3, -0.25) is 9.48 Å². The van der Waals surface area contributed by atoms with Crippen LogP contribution >= 0.6 is 0 Å².